The predicted octanol–water partition coefficient (Wildman–Crippen LogP) is 9.76. The highest BCUT2D eigenvalue weighted by Gasteiger charge is 2.19. The van der Waals surface area contributed by atoms with Crippen LogP contribution in [0.3, 0.4) is 0 Å². The molecule has 0 radical (unpaired) electrons. The number of aryl methyl sites for hydroxylation is 4. The van der Waals surface area contributed by atoms with Crippen LogP contribution >= 0.6 is 22.7 Å². The van der Waals surface area contributed by atoms with E-state index in [0.717, 1.165) is 36.5 Å². The fourth-order valence-corrected chi connectivity index (χ4v) is 7.46. The Morgan fingerprint density at radius 1 is 0.615 bits per heavy atom. The van der Waals surface area contributed by atoms with Gasteiger partial charge in [-0.05, 0) is 117 Å². The maximum Gasteiger partial charge on any atom is 0.148 e. The molecule has 0 saturated carbocycles. The molecule has 5 rings (SSSR count). The Balaban J connectivity index is 1.70. The first-order chi connectivity index (χ1) is 18.7. The van der Waals surface area contributed by atoms with Crippen LogP contribution in [0.15, 0.2) is 54.1 Å². The van der Waals surface area contributed by atoms with Crippen molar-refractivity contribution in [3.8, 4) is 18.2 Å². The van der Waals surface area contributed by atoms with Gasteiger partial charge in [-0.15, -0.1) is 22.7 Å². The Labute approximate surface area is 236 Å². The lowest BCUT2D eigenvalue weighted by Gasteiger charge is -2.28. The van der Waals surface area contributed by atoms with E-state index in [4.69, 9.17) is 0 Å². The third-order valence-corrected chi connectivity index (χ3v) is 9.97. The summed E-state index contributed by atoms with van der Waals surface area (Å²) in [5, 5.41) is 29.3. The molecule has 6 heteroatoms. The average Bonchev–Trinajstić information content (AvgIpc) is 3.46. The van der Waals surface area contributed by atoms with Gasteiger partial charge in [-0.2, -0.15) is 15.8 Å². The van der Waals surface area contributed by atoms with Crippen molar-refractivity contribution in [3.05, 3.63) is 92.4 Å². The highest BCUT2D eigenvalue weighted by Crippen LogP contribution is 2.45. The maximum absolute atomic E-state index is 9.61. The minimum atomic E-state index is -0.152. The summed E-state index contributed by atoms with van der Waals surface area (Å²) >= 11 is 3.12. The van der Waals surface area contributed by atoms with E-state index in [-0.39, 0.29) is 11.1 Å². The number of anilines is 3. The standard InChI is InChI=1S/C33H26N4S2/c1-18-9-26(10-19(2)22(18)5)37(27-11-20(3)23(6)21(4)12-27)25-7-8-28-30(13-25)38-32-14-31(39-33(28)32)29(17-36)24(15-34)16-35/h7-14H,1-6H3. The van der Waals surface area contributed by atoms with Gasteiger partial charge >= 0.3 is 0 Å². The smallest absolute Gasteiger partial charge is 0.148 e. The second-order valence-electron chi connectivity index (χ2n) is 9.92. The number of thiophene rings is 2. The number of allylic oxidation sites excluding steroid dienone is 2. The zero-order chi connectivity index (χ0) is 28.0. The van der Waals surface area contributed by atoms with Gasteiger partial charge in [-0.1, -0.05) is 6.07 Å². The first kappa shape index (κ1) is 26.2. The lowest BCUT2D eigenvalue weighted by atomic mass is 10.00. The second-order valence-corrected chi connectivity index (χ2v) is 12.1. The van der Waals surface area contributed by atoms with Gasteiger partial charge < -0.3 is 4.90 Å². The van der Waals surface area contributed by atoms with E-state index >= 15 is 0 Å². The molecule has 0 bridgehead atoms. The van der Waals surface area contributed by atoms with Crippen LogP contribution < -0.4 is 4.90 Å². The Kier molecular flexibility index (Phi) is 6.75. The molecule has 4 nitrogen and oxygen atoms in total. The molecule has 0 aliphatic heterocycles. The second kappa shape index (κ2) is 10.0. The van der Waals surface area contributed by atoms with E-state index in [9.17, 15) is 15.8 Å². The molecule has 39 heavy (non-hydrogen) atoms. The van der Waals surface area contributed by atoms with Gasteiger partial charge in [0.15, 0.2) is 0 Å². The van der Waals surface area contributed by atoms with Crippen molar-refractivity contribution < 1.29 is 0 Å². The molecule has 0 aliphatic rings. The molecule has 0 N–H and O–H groups in total. The van der Waals surface area contributed by atoms with E-state index < -0.39 is 0 Å². The van der Waals surface area contributed by atoms with Gasteiger partial charge in [-0.3, -0.25) is 0 Å². The first-order valence-electron chi connectivity index (χ1n) is 12.5. The van der Waals surface area contributed by atoms with Crippen molar-refractivity contribution in [3.63, 3.8) is 0 Å². The molecule has 0 saturated heterocycles. The Morgan fingerprint density at radius 2 is 1.15 bits per heavy atom. The minimum absolute atomic E-state index is 0.138. The first-order valence-corrected chi connectivity index (χ1v) is 14.2. The highest BCUT2D eigenvalue weighted by atomic mass is 32.1. The number of rotatable bonds is 4. The molecule has 2 heterocycles. The molecular formula is C33H26N4S2. The molecule has 0 fully saturated rings. The van der Waals surface area contributed by atoms with Crippen LogP contribution in [-0.4, -0.2) is 0 Å². The van der Waals surface area contributed by atoms with Crippen LogP contribution in [0.5, 0.6) is 0 Å². The Bertz CT molecular complexity index is 1850. The number of benzene rings is 3. The monoisotopic (exact) mass is 542 g/mol. The van der Waals surface area contributed by atoms with Crippen molar-refractivity contribution in [1.82, 2.24) is 0 Å². The van der Waals surface area contributed by atoms with Crippen LogP contribution in [-0.2, 0) is 0 Å². The van der Waals surface area contributed by atoms with Crippen molar-refractivity contribution in [2.24, 2.45) is 0 Å². The third kappa shape index (κ3) is 4.47. The van der Waals surface area contributed by atoms with Crippen molar-refractivity contribution in [2.75, 3.05) is 4.90 Å². The predicted molar refractivity (Wildman–Crippen MR) is 164 cm³/mol. The average molecular weight is 543 g/mol. The van der Waals surface area contributed by atoms with Crippen LogP contribution in [0.1, 0.15) is 38.3 Å². The number of nitriles is 3. The van der Waals surface area contributed by atoms with Gasteiger partial charge in [0, 0.05) is 36.7 Å². The van der Waals surface area contributed by atoms with Crippen LogP contribution in [0.25, 0.3) is 25.1 Å². The summed E-state index contributed by atoms with van der Waals surface area (Å²) in [4.78, 5) is 2.99. The number of hydrogen-bond donors (Lipinski definition) is 0. The van der Waals surface area contributed by atoms with E-state index in [1.165, 1.54) is 44.7 Å². The maximum atomic E-state index is 9.61. The number of hydrogen-bond acceptors (Lipinski definition) is 6. The van der Waals surface area contributed by atoms with Crippen molar-refractivity contribution in [2.45, 2.75) is 41.5 Å². The van der Waals surface area contributed by atoms with Crippen LogP contribution in [0.4, 0.5) is 17.1 Å². The normalized spacial score (nSPS) is 10.7. The summed E-state index contributed by atoms with van der Waals surface area (Å²) in [5.74, 6) is 0. The molecule has 0 aliphatic carbocycles. The molecule has 0 unspecified atom stereocenters. The molecule has 0 spiro atoms. The summed E-state index contributed by atoms with van der Waals surface area (Å²) < 4.78 is 3.26. The van der Waals surface area contributed by atoms with E-state index in [0.29, 0.717) is 4.88 Å². The zero-order valence-electron chi connectivity index (χ0n) is 22.7. The van der Waals surface area contributed by atoms with E-state index in [1.807, 2.05) is 24.3 Å². The van der Waals surface area contributed by atoms with Gasteiger partial charge in [0.05, 0.1) is 10.3 Å². The molecule has 2 aromatic heterocycles. The lowest BCUT2D eigenvalue weighted by Crippen LogP contribution is -2.11. The van der Waals surface area contributed by atoms with Crippen molar-refractivity contribution in [1.29, 1.82) is 15.8 Å². The quantitative estimate of drug-likeness (QED) is 0.212. The van der Waals surface area contributed by atoms with Gasteiger partial charge in [0.25, 0.3) is 0 Å². The summed E-state index contributed by atoms with van der Waals surface area (Å²) in [5.41, 5.74) is 11.0. The minimum Gasteiger partial charge on any atom is -0.310 e. The number of fused-ring (bicyclic) bond motifs is 3. The molecule has 0 atom stereocenters. The summed E-state index contributed by atoms with van der Waals surface area (Å²) in [7, 11) is 0. The Hall–Kier alpha value is -4.41. The van der Waals surface area contributed by atoms with Crippen LogP contribution in [0.2, 0.25) is 0 Å². The summed E-state index contributed by atoms with van der Waals surface area (Å²) in [6.07, 6.45) is 0. The highest BCUT2D eigenvalue weighted by molar-refractivity contribution is 7.33. The fourth-order valence-electron chi connectivity index (χ4n) is 4.90. The van der Waals surface area contributed by atoms with E-state index in [1.54, 1.807) is 11.3 Å². The molecule has 0 amide bonds. The lowest BCUT2D eigenvalue weighted by molar-refractivity contribution is 1.19. The SMILES string of the molecule is Cc1cc(N(c2cc(C)c(C)c(C)c2)c2ccc3c(c2)sc2cc(C(C#N)=C(C#N)C#N)sc23)cc(C)c1C. The summed E-state index contributed by atoms with van der Waals surface area (Å²) in [6.45, 7) is 13.0. The molecule has 3 aromatic carbocycles. The van der Waals surface area contributed by atoms with Gasteiger partial charge in [-0.25, -0.2) is 0 Å². The van der Waals surface area contributed by atoms with Crippen molar-refractivity contribution >= 4 is 64.8 Å². The molecule has 5 aromatic rings. The largest absolute Gasteiger partial charge is 0.310 e. The Morgan fingerprint density at radius 3 is 1.64 bits per heavy atom. The summed E-state index contributed by atoms with van der Waals surface area (Å²) in [6, 6.07) is 23.2. The zero-order valence-corrected chi connectivity index (χ0v) is 24.4. The molecular weight excluding hydrogens is 517 g/mol. The third-order valence-electron chi connectivity index (χ3n) is 7.56. The van der Waals surface area contributed by atoms with Gasteiger partial charge in [0.1, 0.15) is 23.8 Å². The van der Waals surface area contributed by atoms with Gasteiger partial charge in [0.2, 0.25) is 0 Å². The van der Waals surface area contributed by atoms with Crippen LogP contribution in [0, 0.1) is 75.5 Å². The molecule has 190 valence electrons. The topological polar surface area (TPSA) is 74.6 Å². The fraction of sp³-hybridized carbons (Fsp3) is 0.182. The number of nitrogens with zero attached hydrogens (tertiary/aromatic N) is 4. The van der Waals surface area contributed by atoms with E-state index in [2.05, 4.69) is 88.9 Å².